The highest BCUT2D eigenvalue weighted by Gasteiger charge is 2.13. The van der Waals surface area contributed by atoms with E-state index in [-0.39, 0.29) is 12.5 Å². The third kappa shape index (κ3) is 4.21. The van der Waals surface area contributed by atoms with Crippen LogP contribution in [0.4, 0.5) is 5.69 Å². The molecular formula is C15H23N3O2. The van der Waals surface area contributed by atoms with Crippen molar-refractivity contribution >= 4 is 11.6 Å². The fourth-order valence-electron chi connectivity index (χ4n) is 2.27. The Morgan fingerprint density at radius 1 is 1.20 bits per heavy atom. The highest BCUT2D eigenvalue weighted by Crippen LogP contribution is 2.16. The molecule has 0 spiro atoms. The van der Waals surface area contributed by atoms with E-state index in [0.29, 0.717) is 6.54 Å². The number of hydrogen-bond donors (Lipinski definition) is 1. The summed E-state index contributed by atoms with van der Waals surface area (Å²) >= 11 is 0. The van der Waals surface area contributed by atoms with Gasteiger partial charge in [-0.15, -0.1) is 0 Å². The van der Waals surface area contributed by atoms with Crippen molar-refractivity contribution in [1.29, 1.82) is 0 Å². The predicted molar refractivity (Wildman–Crippen MR) is 79.9 cm³/mol. The van der Waals surface area contributed by atoms with Crippen molar-refractivity contribution in [3.05, 3.63) is 29.8 Å². The Balaban J connectivity index is 1.85. The van der Waals surface area contributed by atoms with E-state index < -0.39 is 0 Å². The monoisotopic (exact) mass is 277 g/mol. The van der Waals surface area contributed by atoms with Crippen LogP contribution >= 0.6 is 0 Å². The molecule has 0 radical (unpaired) electrons. The summed E-state index contributed by atoms with van der Waals surface area (Å²) < 4.78 is 4.78. The zero-order chi connectivity index (χ0) is 14.4. The highest BCUT2D eigenvalue weighted by molar-refractivity contribution is 5.77. The zero-order valence-corrected chi connectivity index (χ0v) is 12.3. The van der Waals surface area contributed by atoms with E-state index in [2.05, 4.69) is 46.4 Å². The smallest absolute Gasteiger partial charge is 0.246 e. The Hall–Kier alpha value is -1.59. The van der Waals surface area contributed by atoms with Gasteiger partial charge in [0.2, 0.25) is 5.91 Å². The van der Waals surface area contributed by atoms with Gasteiger partial charge in [-0.25, -0.2) is 0 Å². The largest absolute Gasteiger partial charge is 0.375 e. The molecule has 0 aliphatic carbocycles. The van der Waals surface area contributed by atoms with Crippen molar-refractivity contribution in [1.82, 2.24) is 10.2 Å². The minimum Gasteiger partial charge on any atom is -0.375 e. The highest BCUT2D eigenvalue weighted by atomic mass is 16.5. The minimum absolute atomic E-state index is 0.0874. The fourth-order valence-corrected chi connectivity index (χ4v) is 2.27. The van der Waals surface area contributed by atoms with Crippen molar-refractivity contribution in [2.24, 2.45) is 0 Å². The van der Waals surface area contributed by atoms with Gasteiger partial charge in [0.1, 0.15) is 6.61 Å². The number of anilines is 1. The maximum Gasteiger partial charge on any atom is 0.246 e. The van der Waals surface area contributed by atoms with Gasteiger partial charge >= 0.3 is 0 Å². The van der Waals surface area contributed by atoms with Crippen LogP contribution in [0.25, 0.3) is 0 Å². The van der Waals surface area contributed by atoms with Crippen LogP contribution in [-0.2, 0) is 16.1 Å². The van der Waals surface area contributed by atoms with Crippen LogP contribution in [0.15, 0.2) is 24.3 Å². The van der Waals surface area contributed by atoms with Gasteiger partial charge < -0.3 is 19.9 Å². The molecule has 110 valence electrons. The Labute approximate surface area is 120 Å². The van der Waals surface area contributed by atoms with Gasteiger partial charge in [0, 0.05) is 45.5 Å². The molecule has 1 aromatic carbocycles. The summed E-state index contributed by atoms with van der Waals surface area (Å²) in [5, 5.41) is 2.82. The maximum absolute atomic E-state index is 11.3. The maximum atomic E-state index is 11.3. The molecule has 1 saturated heterocycles. The number of benzene rings is 1. The lowest BCUT2D eigenvalue weighted by molar-refractivity contribution is -0.124. The molecule has 1 heterocycles. The second-order valence-corrected chi connectivity index (χ2v) is 5.17. The van der Waals surface area contributed by atoms with Crippen LogP contribution in [0.5, 0.6) is 0 Å². The number of carbonyl (C=O) groups is 1. The number of nitrogens with one attached hydrogen (secondary N) is 1. The summed E-state index contributed by atoms with van der Waals surface area (Å²) in [6.07, 6.45) is 0. The molecular weight excluding hydrogens is 254 g/mol. The lowest BCUT2D eigenvalue weighted by Gasteiger charge is -2.34. The molecule has 1 aromatic rings. The van der Waals surface area contributed by atoms with E-state index in [9.17, 15) is 4.79 Å². The van der Waals surface area contributed by atoms with Crippen LogP contribution in [0, 0.1) is 0 Å². The second-order valence-electron chi connectivity index (χ2n) is 5.17. The Kier molecular flexibility index (Phi) is 5.38. The topological polar surface area (TPSA) is 44.8 Å². The molecule has 0 aromatic heterocycles. The molecule has 2 rings (SSSR count). The number of likely N-dealkylation sites (N-methyl/N-ethyl adjacent to an activating group) is 1. The average Bonchev–Trinajstić information content (AvgIpc) is 2.47. The molecule has 1 N–H and O–H groups in total. The molecule has 0 atom stereocenters. The van der Waals surface area contributed by atoms with Crippen molar-refractivity contribution < 1.29 is 9.53 Å². The molecule has 1 fully saturated rings. The molecule has 1 aliphatic heterocycles. The number of methoxy groups -OCH3 is 1. The fraction of sp³-hybridized carbons (Fsp3) is 0.533. The number of piperazine rings is 1. The summed E-state index contributed by atoms with van der Waals surface area (Å²) in [6, 6.07) is 8.40. The van der Waals surface area contributed by atoms with Crippen LogP contribution in [0.2, 0.25) is 0 Å². The van der Waals surface area contributed by atoms with Crippen molar-refractivity contribution in [3.63, 3.8) is 0 Å². The molecule has 0 saturated carbocycles. The van der Waals surface area contributed by atoms with E-state index in [1.807, 2.05) is 0 Å². The first-order valence-corrected chi connectivity index (χ1v) is 6.97. The average molecular weight is 277 g/mol. The van der Waals surface area contributed by atoms with E-state index in [1.54, 1.807) is 0 Å². The van der Waals surface area contributed by atoms with E-state index in [0.717, 1.165) is 31.7 Å². The van der Waals surface area contributed by atoms with Crippen LogP contribution in [-0.4, -0.2) is 57.8 Å². The summed E-state index contributed by atoms with van der Waals surface area (Å²) in [5.74, 6) is -0.0874. The first-order valence-electron chi connectivity index (χ1n) is 6.97. The van der Waals surface area contributed by atoms with Crippen LogP contribution < -0.4 is 10.2 Å². The van der Waals surface area contributed by atoms with Crippen LogP contribution in [0.3, 0.4) is 0 Å². The number of carbonyl (C=O) groups excluding carboxylic acids is 1. The Morgan fingerprint density at radius 3 is 2.45 bits per heavy atom. The van der Waals surface area contributed by atoms with Gasteiger partial charge in [-0.05, 0) is 24.7 Å². The predicted octanol–water partition coefficient (Wildman–Crippen LogP) is 0.701. The second kappa shape index (κ2) is 7.26. The van der Waals surface area contributed by atoms with Crippen molar-refractivity contribution in [3.8, 4) is 0 Å². The number of nitrogens with zero attached hydrogens (tertiary/aromatic N) is 2. The van der Waals surface area contributed by atoms with Gasteiger partial charge in [0.15, 0.2) is 0 Å². The number of rotatable bonds is 5. The molecule has 1 amide bonds. The van der Waals surface area contributed by atoms with Crippen molar-refractivity contribution in [2.75, 3.05) is 51.8 Å². The van der Waals surface area contributed by atoms with Gasteiger partial charge in [0.25, 0.3) is 0 Å². The minimum atomic E-state index is -0.0874. The molecule has 1 aliphatic rings. The third-order valence-corrected chi connectivity index (χ3v) is 3.57. The van der Waals surface area contributed by atoms with Gasteiger partial charge in [-0.1, -0.05) is 12.1 Å². The normalized spacial score (nSPS) is 16.2. The summed E-state index contributed by atoms with van der Waals surface area (Å²) in [7, 11) is 3.67. The van der Waals surface area contributed by atoms with Crippen LogP contribution in [0.1, 0.15) is 5.56 Å². The lowest BCUT2D eigenvalue weighted by Crippen LogP contribution is -2.44. The standard InChI is InChI=1S/C15H23N3O2/c1-17-7-9-18(10-8-17)14-5-3-13(4-6-14)11-16-15(19)12-20-2/h3-6H,7-12H2,1-2H3,(H,16,19). The summed E-state index contributed by atoms with van der Waals surface area (Å²) in [6.45, 7) is 5.01. The molecule has 5 heteroatoms. The Morgan fingerprint density at radius 2 is 1.85 bits per heavy atom. The SMILES string of the molecule is COCC(=O)NCc1ccc(N2CCN(C)CC2)cc1. The van der Waals surface area contributed by atoms with E-state index >= 15 is 0 Å². The summed E-state index contributed by atoms with van der Waals surface area (Å²) in [5.41, 5.74) is 2.36. The molecule has 0 bridgehead atoms. The van der Waals surface area contributed by atoms with Crippen molar-refractivity contribution in [2.45, 2.75) is 6.54 Å². The zero-order valence-electron chi connectivity index (χ0n) is 12.3. The number of amides is 1. The number of ether oxygens (including phenoxy) is 1. The Bertz CT molecular complexity index is 425. The van der Waals surface area contributed by atoms with Gasteiger partial charge in [-0.3, -0.25) is 4.79 Å². The van der Waals surface area contributed by atoms with Gasteiger partial charge in [-0.2, -0.15) is 0 Å². The van der Waals surface area contributed by atoms with E-state index in [4.69, 9.17) is 4.74 Å². The first-order chi connectivity index (χ1) is 9.69. The van der Waals surface area contributed by atoms with Gasteiger partial charge in [0.05, 0.1) is 0 Å². The molecule has 5 nitrogen and oxygen atoms in total. The number of hydrogen-bond acceptors (Lipinski definition) is 4. The first kappa shape index (κ1) is 14.8. The quantitative estimate of drug-likeness (QED) is 0.860. The molecule has 0 unspecified atom stereocenters. The third-order valence-electron chi connectivity index (χ3n) is 3.57. The summed E-state index contributed by atoms with van der Waals surface area (Å²) in [4.78, 5) is 16.1. The van der Waals surface area contributed by atoms with E-state index in [1.165, 1.54) is 12.8 Å². The molecule has 20 heavy (non-hydrogen) atoms. The lowest BCUT2D eigenvalue weighted by atomic mass is 10.2.